The molecule has 0 radical (unpaired) electrons. The Bertz CT molecular complexity index is 374. The number of carboxylic acid groups (broad SMARTS) is 1. The molecule has 0 aliphatic carbocycles. The van der Waals surface area contributed by atoms with Crippen molar-refractivity contribution in [3.63, 3.8) is 0 Å². The van der Waals surface area contributed by atoms with Crippen LogP contribution in [0.25, 0.3) is 0 Å². The van der Waals surface area contributed by atoms with Gasteiger partial charge in [0.2, 0.25) is 0 Å². The van der Waals surface area contributed by atoms with E-state index in [0.717, 1.165) is 5.82 Å². The topological polar surface area (TPSA) is 67.2 Å². The molecule has 0 saturated carbocycles. The first-order chi connectivity index (χ1) is 7.91. The van der Waals surface area contributed by atoms with E-state index >= 15 is 0 Å². The van der Waals surface area contributed by atoms with Crippen molar-refractivity contribution < 1.29 is 9.90 Å². The van der Waals surface area contributed by atoms with E-state index in [1.165, 1.54) is 0 Å². The number of aliphatic carboxylic acids is 1. The van der Waals surface area contributed by atoms with E-state index in [0.29, 0.717) is 12.3 Å². The minimum atomic E-state index is -0.806. The fourth-order valence-electron chi connectivity index (χ4n) is 1.88. The lowest BCUT2D eigenvalue weighted by molar-refractivity contribution is -0.140. The molecule has 0 fully saturated rings. The van der Waals surface area contributed by atoms with Crippen LogP contribution in [0.2, 0.25) is 0 Å². The summed E-state index contributed by atoms with van der Waals surface area (Å²) in [6.07, 6.45) is 4.18. The Labute approximate surface area is 102 Å². The molecule has 0 aliphatic heterocycles. The summed E-state index contributed by atoms with van der Waals surface area (Å²) in [7, 11) is 1.90. The molecule has 96 valence electrons. The van der Waals surface area contributed by atoms with Gasteiger partial charge in [-0.25, -0.2) is 4.98 Å². The van der Waals surface area contributed by atoms with Gasteiger partial charge in [-0.2, -0.15) is 0 Å². The Hall–Kier alpha value is -1.36. The Kier molecular flexibility index (Phi) is 4.69. The van der Waals surface area contributed by atoms with Gasteiger partial charge in [-0.05, 0) is 19.3 Å². The van der Waals surface area contributed by atoms with Crippen molar-refractivity contribution in [1.29, 1.82) is 0 Å². The Balaban J connectivity index is 2.67. The van der Waals surface area contributed by atoms with Crippen LogP contribution in [0.3, 0.4) is 0 Å². The second-order valence-corrected chi connectivity index (χ2v) is 4.81. The van der Waals surface area contributed by atoms with Gasteiger partial charge in [0.15, 0.2) is 0 Å². The quantitative estimate of drug-likeness (QED) is 0.790. The zero-order chi connectivity index (χ0) is 13.0. The highest BCUT2D eigenvalue weighted by Gasteiger charge is 2.22. The van der Waals surface area contributed by atoms with E-state index in [1.54, 1.807) is 6.20 Å². The van der Waals surface area contributed by atoms with Gasteiger partial charge in [-0.1, -0.05) is 13.8 Å². The number of rotatable bonds is 6. The molecule has 0 aromatic carbocycles. The lowest BCUT2D eigenvalue weighted by Crippen LogP contribution is -2.39. The minimum Gasteiger partial charge on any atom is -0.480 e. The van der Waals surface area contributed by atoms with Crippen molar-refractivity contribution in [2.45, 2.75) is 39.3 Å². The number of carboxylic acids is 1. The van der Waals surface area contributed by atoms with Crippen LogP contribution >= 0.6 is 0 Å². The van der Waals surface area contributed by atoms with Gasteiger partial charge >= 0.3 is 5.97 Å². The molecule has 17 heavy (non-hydrogen) atoms. The molecule has 0 saturated heterocycles. The van der Waals surface area contributed by atoms with Crippen molar-refractivity contribution in [3.8, 4) is 0 Å². The largest absolute Gasteiger partial charge is 0.480 e. The first-order valence-corrected chi connectivity index (χ1v) is 5.88. The molecule has 1 aromatic heterocycles. The predicted molar refractivity (Wildman–Crippen MR) is 65.6 cm³/mol. The van der Waals surface area contributed by atoms with Crippen molar-refractivity contribution in [2.24, 2.45) is 13.0 Å². The van der Waals surface area contributed by atoms with Gasteiger partial charge < -0.3 is 9.67 Å². The van der Waals surface area contributed by atoms with E-state index in [2.05, 4.69) is 10.3 Å². The maximum atomic E-state index is 11.1. The number of imidazole rings is 1. The smallest absolute Gasteiger partial charge is 0.320 e. The molecule has 5 heteroatoms. The molecule has 2 N–H and O–H groups in total. The Morgan fingerprint density at radius 3 is 2.59 bits per heavy atom. The van der Waals surface area contributed by atoms with Crippen molar-refractivity contribution in [1.82, 2.24) is 14.9 Å². The van der Waals surface area contributed by atoms with Crippen molar-refractivity contribution in [3.05, 3.63) is 18.2 Å². The third-order valence-corrected chi connectivity index (χ3v) is 2.70. The van der Waals surface area contributed by atoms with Crippen LogP contribution in [0.15, 0.2) is 12.4 Å². The SMILES string of the molecule is CC(C)CC(NC(C)c1nccn1C)C(=O)O. The number of hydrogen-bond acceptors (Lipinski definition) is 3. The summed E-state index contributed by atoms with van der Waals surface area (Å²) in [5.41, 5.74) is 0. The average Bonchev–Trinajstić information content (AvgIpc) is 2.62. The molecular weight excluding hydrogens is 218 g/mol. The minimum absolute atomic E-state index is 0.0742. The molecular formula is C12H21N3O2. The van der Waals surface area contributed by atoms with Crippen LogP contribution in [-0.4, -0.2) is 26.7 Å². The maximum absolute atomic E-state index is 11.1. The van der Waals surface area contributed by atoms with Crippen LogP contribution in [0.1, 0.15) is 39.1 Å². The molecule has 1 heterocycles. The molecule has 0 bridgehead atoms. The van der Waals surface area contributed by atoms with Gasteiger partial charge in [0.25, 0.3) is 0 Å². The average molecular weight is 239 g/mol. The highest BCUT2D eigenvalue weighted by atomic mass is 16.4. The van der Waals surface area contributed by atoms with E-state index < -0.39 is 12.0 Å². The summed E-state index contributed by atoms with van der Waals surface area (Å²) in [5.74, 6) is 0.386. The highest BCUT2D eigenvalue weighted by Crippen LogP contribution is 2.13. The first kappa shape index (κ1) is 13.7. The standard InChI is InChI=1S/C12H21N3O2/c1-8(2)7-10(12(16)17)14-9(3)11-13-5-6-15(11)4/h5-6,8-10,14H,7H2,1-4H3,(H,16,17). The van der Waals surface area contributed by atoms with E-state index in [4.69, 9.17) is 5.11 Å². The third-order valence-electron chi connectivity index (χ3n) is 2.70. The van der Waals surface area contributed by atoms with Crippen LogP contribution in [0.5, 0.6) is 0 Å². The summed E-state index contributed by atoms with van der Waals surface area (Å²) in [6.45, 7) is 5.96. The summed E-state index contributed by atoms with van der Waals surface area (Å²) < 4.78 is 1.89. The zero-order valence-electron chi connectivity index (χ0n) is 10.8. The molecule has 2 atom stereocenters. The van der Waals surface area contributed by atoms with Gasteiger partial charge in [0, 0.05) is 19.4 Å². The molecule has 5 nitrogen and oxygen atoms in total. The summed E-state index contributed by atoms with van der Waals surface area (Å²) >= 11 is 0. The maximum Gasteiger partial charge on any atom is 0.320 e. The lowest BCUT2D eigenvalue weighted by Gasteiger charge is -2.21. The van der Waals surface area contributed by atoms with Crippen molar-refractivity contribution >= 4 is 5.97 Å². The number of nitrogens with zero attached hydrogens (tertiary/aromatic N) is 2. The normalized spacial score (nSPS) is 14.9. The number of aryl methyl sites for hydroxylation is 1. The van der Waals surface area contributed by atoms with Gasteiger partial charge in [-0.15, -0.1) is 0 Å². The van der Waals surface area contributed by atoms with E-state index in [1.807, 2.05) is 38.6 Å². The highest BCUT2D eigenvalue weighted by molar-refractivity contribution is 5.73. The Morgan fingerprint density at radius 2 is 2.18 bits per heavy atom. The third kappa shape index (κ3) is 3.85. The summed E-state index contributed by atoms with van der Waals surface area (Å²) in [4.78, 5) is 15.4. The molecule has 0 amide bonds. The van der Waals surface area contributed by atoms with Crippen molar-refractivity contribution in [2.75, 3.05) is 0 Å². The van der Waals surface area contributed by atoms with Crippen LogP contribution in [0, 0.1) is 5.92 Å². The van der Waals surface area contributed by atoms with E-state index in [9.17, 15) is 4.79 Å². The van der Waals surface area contributed by atoms with Crippen LogP contribution < -0.4 is 5.32 Å². The number of carbonyl (C=O) groups is 1. The number of nitrogens with one attached hydrogen (secondary N) is 1. The van der Waals surface area contributed by atoms with Crippen LogP contribution in [0.4, 0.5) is 0 Å². The molecule has 0 spiro atoms. The van der Waals surface area contributed by atoms with Crippen LogP contribution in [-0.2, 0) is 11.8 Å². The fraction of sp³-hybridized carbons (Fsp3) is 0.667. The van der Waals surface area contributed by atoms with E-state index in [-0.39, 0.29) is 6.04 Å². The second kappa shape index (κ2) is 5.82. The second-order valence-electron chi connectivity index (χ2n) is 4.81. The zero-order valence-corrected chi connectivity index (χ0v) is 10.8. The van der Waals surface area contributed by atoms with Gasteiger partial charge in [0.05, 0.1) is 6.04 Å². The first-order valence-electron chi connectivity index (χ1n) is 5.88. The number of aromatic nitrogens is 2. The monoisotopic (exact) mass is 239 g/mol. The molecule has 0 aliphatic rings. The molecule has 1 rings (SSSR count). The summed E-state index contributed by atoms with van der Waals surface area (Å²) in [5, 5.41) is 12.3. The lowest BCUT2D eigenvalue weighted by atomic mass is 10.0. The molecule has 1 aromatic rings. The summed E-state index contributed by atoms with van der Waals surface area (Å²) in [6, 6.07) is -0.600. The molecule has 2 unspecified atom stereocenters. The van der Waals surface area contributed by atoms with Gasteiger partial charge in [0.1, 0.15) is 11.9 Å². The fourth-order valence-corrected chi connectivity index (χ4v) is 1.88. The predicted octanol–water partition coefficient (Wildman–Crippen LogP) is 1.57. The van der Waals surface area contributed by atoms with Gasteiger partial charge in [-0.3, -0.25) is 10.1 Å². The number of hydrogen-bond donors (Lipinski definition) is 2. The Morgan fingerprint density at radius 1 is 1.53 bits per heavy atom.